The summed E-state index contributed by atoms with van der Waals surface area (Å²) >= 11 is 0. The van der Waals surface area contributed by atoms with E-state index < -0.39 is 29.1 Å². The Morgan fingerprint density at radius 3 is 2.59 bits per heavy atom. The van der Waals surface area contributed by atoms with E-state index in [-0.39, 0.29) is 12.2 Å². The molecule has 5 nitrogen and oxygen atoms in total. The maximum atomic E-state index is 13.1. The Morgan fingerprint density at radius 2 is 1.93 bits per heavy atom. The summed E-state index contributed by atoms with van der Waals surface area (Å²) < 4.78 is 40.8. The molecular formula is C21H17F3N4O. The van der Waals surface area contributed by atoms with Crippen molar-refractivity contribution in [1.29, 1.82) is 5.26 Å². The van der Waals surface area contributed by atoms with E-state index in [1.54, 1.807) is 17.8 Å². The van der Waals surface area contributed by atoms with Crippen LogP contribution in [0, 0.1) is 17.2 Å². The van der Waals surface area contributed by atoms with Gasteiger partial charge in [-0.15, -0.1) is 0 Å². The quantitative estimate of drug-likeness (QED) is 0.676. The van der Waals surface area contributed by atoms with E-state index in [9.17, 15) is 18.0 Å². The van der Waals surface area contributed by atoms with Crippen molar-refractivity contribution in [2.45, 2.75) is 19.6 Å². The highest BCUT2D eigenvalue weighted by Crippen LogP contribution is 2.33. The van der Waals surface area contributed by atoms with E-state index in [2.05, 4.69) is 10.4 Å². The van der Waals surface area contributed by atoms with Gasteiger partial charge in [0.1, 0.15) is 0 Å². The lowest BCUT2D eigenvalue weighted by atomic mass is 10.1. The minimum absolute atomic E-state index is 0.0152. The minimum atomic E-state index is -4.68. The molecule has 1 heterocycles. The number of carbonyl (C=O) groups is 1. The fourth-order valence-electron chi connectivity index (χ4n) is 2.83. The molecule has 29 heavy (non-hydrogen) atoms. The molecule has 148 valence electrons. The average molecular weight is 398 g/mol. The van der Waals surface area contributed by atoms with Crippen LogP contribution in [0.15, 0.2) is 60.9 Å². The van der Waals surface area contributed by atoms with Gasteiger partial charge in [-0.25, -0.2) is 0 Å². The van der Waals surface area contributed by atoms with E-state index in [4.69, 9.17) is 5.26 Å². The fourth-order valence-corrected chi connectivity index (χ4v) is 2.83. The SMILES string of the molecule is C[C@H](Cn1cc(-c2ccccc2)cn1)C(=O)Nc1ccc(C#N)c(C(F)(F)F)c1. The van der Waals surface area contributed by atoms with Crippen molar-refractivity contribution in [3.8, 4) is 17.2 Å². The van der Waals surface area contributed by atoms with E-state index in [1.807, 2.05) is 36.5 Å². The second-order valence-electron chi connectivity index (χ2n) is 6.58. The number of hydrogen-bond donors (Lipinski definition) is 1. The van der Waals surface area contributed by atoms with Crippen LogP contribution in [-0.2, 0) is 17.5 Å². The van der Waals surface area contributed by atoms with Gasteiger partial charge in [0.25, 0.3) is 0 Å². The van der Waals surface area contributed by atoms with Crippen molar-refractivity contribution in [3.05, 3.63) is 72.1 Å². The molecule has 0 aliphatic heterocycles. The molecule has 1 aromatic heterocycles. The van der Waals surface area contributed by atoms with E-state index in [0.29, 0.717) is 0 Å². The van der Waals surface area contributed by atoms with E-state index >= 15 is 0 Å². The van der Waals surface area contributed by atoms with Gasteiger partial charge in [0.05, 0.1) is 35.9 Å². The second kappa shape index (κ2) is 8.19. The molecular weight excluding hydrogens is 381 g/mol. The number of carbonyl (C=O) groups excluding carboxylic acids is 1. The van der Waals surface area contributed by atoms with Crippen LogP contribution in [0.1, 0.15) is 18.1 Å². The molecule has 1 N–H and O–H groups in total. The fraction of sp³-hybridized carbons (Fsp3) is 0.190. The zero-order valence-corrected chi connectivity index (χ0v) is 15.4. The van der Waals surface area contributed by atoms with Gasteiger partial charge >= 0.3 is 6.18 Å². The normalized spacial score (nSPS) is 12.2. The van der Waals surface area contributed by atoms with Gasteiger partial charge < -0.3 is 5.32 Å². The monoisotopic (exact) mass is 398 g/mol. The van der Waals surface area contributed by atoms with Gasteiger partial charge in [0, 0.05) is 17.4 Å². The summed E-state index contributed by atoms with van der Waals surface area (Å²) in [5.74, 6) is -0.983. The summed E-state index contributed by atoms with van der Waals surface area (Å²) in [7, 11) is 0. The predicted molar refractivity (Wildman–Crippen MR) is 102 cm³/mol. The van der Waals surface area contributed by atoms with Crippen molar-refractivity contribution in [3.63, 3.8) is 0 Å². The van der Waals surface area contributed by atoms with Crippen molar-refractivity contribution >= 4 is 11.6 Å². The van der Waals surface area contributed by atoms with Crippen LogP contribution in [0.25, 0.3) is 11.1 Å². The number of anilines is 1. The third-order valence-electron chi connectivity index (χ3n) is 4.36. The first-order chi connectivity index (χ1) is 13.8. The van der Waals surface area contributed by atoms with Gasteiger partial charge in [-0.05, 0) is 23.8 Å². The lowest BCUT2D eigenvalue weighted by Crippen LogP contribution is -2.25. The highest BCUT2D eigenvalue weighted by Gasteiger charge is 2.34. The third-order valence-corrected chi connectivity index (χ3v) is 4.36. The lowest BCUT2D eigenvalue weighted by Gasteiger charge is -2.14. The number of halogens is 3. The van der Waals surface area contributed by atoms with Crippen molar-refractivity contribution in [2.24, 2.45) is 5.92 Å². The number of nitriles is 1. The van der Waals surface area contributed by atoms with Crippen molar-refractivity contribution in [2.75, 3.05) is 5.32 Å². The Morgan fingerprint density at radius 1 is 1.21 bits per heavy atom. The molecule has 0 aliphatic rings. The summed E-state index contributed by atoms with van der Waals surface area (Å²) in [5.41, 5.74) is 0.311. The topological polar surface area (TPSA) is 70.7 Å². The molecule has 0 saturated carbocycles. The summed E-state index contributed by atoms with van der Waals surface area (Å²) in [6, 6.07) is 14.2. The number of nitrogens with zero attached hydrogens (tertiary/aromatic N) is 3. The van der Waals surface area contributed by atoms with E-state index in [0.717, 1.165) is 23.3 Å². The summed E-state index contributed by atoms with van der Waals surface area (Å²) in [6.07, 6.45) is -1.18. The largest absolute Gasteiger partial charge is 0.417 e. The van der Waals surface area contributed by atoms with Crippen molar-refractivity contribution < 1.29 is 18.0 Å². The van der Waals surface area contributed by atoms with Gasteiger partial charge in [-0.1, -0.05) is 37.3 Å². The molecule has 1 amide bonds. The first kappa shape index (κ1) is 20.1. The number of benzene rings is 2. The number of aromatic nitrogens is 2. The Balaban J connectivity index is 1.69. The Kier molecular flexibility index (Phi) is 5.69. The molecule has 3 rings (SSSR count). The molecule has 8 heteroatoms. The Bertz CT molecular complexity index is 1050. The Labute approximate surface area is 165 Å². The summed E-state index contributed by atoms with van der Waals surface area (Å²) in [4.78, 5) is 12.4. The van der Waals surface area contributed by atoms with Crippen LogP contribution in [0.5, 0.6) is 0 Å². The molecule has 0 spiro atoms. The first-order valence-electron chi connectivity index (χ1n) is 8.78. The molecule has 0 saturated heterocycles. The van der Waals surface area contributed by atoms with Crippen LogP contribution in [0.4, 0.5) is 18.9 Å². The van der Waals surface area contributed by atoms with Gasteiger partial charge in [0.15, 0.2) is 0 Å². The summed E-state index contributed by atoms with van der Waals surface area (Å²) in [5, 5.41) is 15.6. The molecule has 2 aromatic carbocycles. The molecule has 0 bridgehead atoms. The molecule has 0 unspecified atom stereocenters. The smallest absolute Gasteiger partial charge is 0.326 e. The van der Waals surface area contributed by atoms with Gasteiger partial charge in [-0.2, -0.15) is 23.5 Å². The standard InChI is InChI=1S/C21H17F3N4O/c1-14(12-28-13-17(11-26-28)15-5-3-2-4-6-15)20(29)27-18-8-7-16(10-25)19(9-18)21(22,23)24/h2-9,11,13-14H,12H2,1H3,(H,27,29)/t14-/m1/s1. The number of alkyl halides is 3. The third kappa shape index (κ3) is 4.82. The van der Waals surface area contributed by atoms with Crippen LogP contribution < -0.4 is 5.32 Å². The maximum absolute atomic E-state index is 13.1. The van der Waals surface area contributed by atoms with Crippen LogP contribution in [-0.4, -0.2) is 15.7 Å². The van der Waals surface area contributed by atoms with Crippen LogP contribution in [0.2, 0.25) is 0 Å². The number of nitrogens with one attached hydrogen (secondary N) is 1. The molecule has 3 aromatic rings. The number of hydrogen-bond acceptors (Lipinski definition) is 3. The number of amides is 1. The minimum Gasteiger partial charge on any atom is -0.326 e. The van der Waals surface area contributed by atoms with E-state index in [1.165, 1.54) is 12.1 Å². The predicted octanol–water partition coefficient (Wildman–Crippen LogP) is 4.72. The zero-order valence-electron chi connectivity index (χ0n) is 15.4. The van der Waals surface area contributed by atoms with Crippen molar-refractivity contribution in [1.82, 2.24) is 9.78 Å². The second-order valence-corrected chi connectivity index (χ2v) is 6.58. The highest BCUT2D eigenvalue weighted by molar-refractivity contribution is 5.92. The molecule has 1 atom stereocenters. The molecule has 0 radical (unpaired) electrons. The number of rotatable bonds is 5. The average Bonchev–Trinajstić information content (AvgIpc) is 3.16. The maximum Gasteiger partial charge on any atom is 0.417 e. The van der Waals surface area contributed by atoms with Crippen LogP contribution in [0.3, 0.4) is 0 Å². The first-order valence-corrected chi connectivity index (χ1v) is 8.78. The zero-order chi connectivity index (χ0) is 21.0. The van der Waals surface area contributed by atoms with Gasteiger partial charge in [0.2, 0.25) is 5.91 Å². The van der Waals surface area contributed by atoms with Crippen LogP contribution >= 0.6 is 0 Å². The molecule has 0 fully saturated rings. The Hall–Kier alpha value is -3.60. The molecule has 0 aliphatic carbocycles. The van der Waals surface area contributed by atoms with Gasteiger partial charge in [-0.3, -0.25) is 9.48 Å². The highest BCUT2D eigenvalue weighted by atomic mass is 19.4. The lowest BCUT2D eigenvalue weighted by molar-refractivity contribution is -0.137. The summed E-state index contributed by atoms with van der Waals surface area (Å²) in [6.45, 7) is 1.93.